The van der Waals surface area contributed by atoms with Crippen LogP contribution < -0.4 is 10.6 Å². The van der Waals surface area contributed by atoms with Gasteiger partial charge in [0.15, 0.2) is 5.16 Å². The Bertz CT molecular complexity index is 906. The van der Waals surface area contributed by atoms with Crippen LogP contribution >= 0.6 is 11.8 Å². The lowest BCUT2D eigenvalue weighted by molar-refractivity contribution is 0.0913. The van der Waals surface area contributed by atoms with Gasteiger partial charge >= 0.3 is 0 Å². The van der Waals surface area contributed by atoms with Gasteiger partial charge in [-0.2, -0.15) is 0 Å². The van der Waals surface area contributed by atoms with E-state index >= 15 is 0 Å². The predicted octanol–water partition coefficient (Wildman–Crippen LogP) is 3.58. The highest BCUT2D eigenvalue weighted by molar-refractivity contribution is 7.98. The number of benzene rings is 2. The summed E-state index contributed by atoms with van der Waals surface area (Å²) in [5.74, 6) is 1.17. The zero-order valence-corrected chi connectivity index (χ0v) is 16.2. The van der Waals surface area contributed by atoms with E-state index in [2.05, 4.69) is 27.5 Å². The van der Waals surface area contributed by atoms with Crippen molar-refractivity contribution in [2.75, 3.05) is 13.1 Å². The maximum Gasteiger partial charge on any atom is 0.251 e. The van der Waals surface area contributed by atoms with Crippen LogP contribution in [-0.2, 0) is 5.75 Å². The molecule has 2 aromatic carbocycles. The zero-order chi connectivity index (χ0) is 18.6. The summed E-state index contributed by atoms with van der Waals surface area (Å²) in [7, 11) is 0. The van der Waals surface area contributed by atoms with Gasteiger partial charge in [-0.25, -0.2) is 4.98 Å². The summed E-state index contributed by atoms with van der Waals surface area (Å²) >= 11 is 1.62. The molecule has 0 spiro atoms. The number of aromatic amines is 1. The number of rotatable bonds is 5. The van der Waals surface area contributed by atoms with Gasteiger partial charge in [-0.3, -0.25) is 4.79 Å². The van der Waals surface area contributed by atoms with Crippen molar-refractivity contribution < 1.29 is 4.79 Å². The number of carbonyl (C=O) groups excluding carboxylic acids is 1. The van der Waals surface area contributed by atoms with Crippen LogP contribution in [0.3, 0.4) is 0 Å². The van der Waals surface area contributed by atoms with Crippen LogP contribution in [0.4, 0.5) is 0 Å². The summed E-state index contributed by atoms with van der Waals surface area (Å²) in [6, 6.07) is 16.1. The molecular formula is C21H24N4OS. The second-order valence-electron chi connectivity index (χ2n) is 7.05. The van der Waals surface area contributed by atoms with Crippen molar-refractivity contribution in [2.45, 2.75) is 30.3 Å². The molecule has 1 aliphatic rings. The Morgan fingerprint density at radius 2 is 2.04 bits per heavy atom. The average Bonchev–Trinajstić information content (AvgIpc) is 3.11. The summed E-state index contributed by atoms with van der Waals surface area (Å²) in [4.78, 5) is 20.8. The normalized spacial score (nSPS) is 19.9. The van der Waals surface area contributed by atoms with Gasteiger partial charge in [0.05, 0.1) is 11.0 Å². The Hall–Kier alpha value is -2.31. The number of hydrogen-bond acceptors (Lipinski definition) is 4. The first kappa shape index (κ1) is 18.1. The molecule has 3 aromatic rings. The number of aromatic nitrogens is 2. The molecule has 3 N–H and O–H groups in total. The number of carbonyl (C=O) groups is 1. The lowest BCUT2D eigenvalue weighted by atomic mass is 9.95. The number of hydrogen-bond donors (Lipinski definition) is 3. The number of thioether (sulfide) groups is 1. The molecule has 5 nitrogen and oxygen atoms in total. The van der Waals surface area contributed by atoms with Crippen LogP contribution in [0.2, 0.25) is 0 Å². The fourth-order valence-corrected chi connectivity index (χ4v) is 4.38. The molecule has 2 heterocycles. The second kappa shape index (κ2) is 8.15. The number of nitrogens with one attached hydrogen (secondary N) is 3. The van der Waals surface area contributed by atoms with E-state index in [1.54, 1.807) is 11.8 Å². The van der Waals surface area contributed by atoms with E-state index < -0.39 is 0 Å². The molecule has 2 unspecified atom stereocenters. The minimum absolute atomic E-state index is 0.0227. The van der Waals surface area contributed by atoms with Crippen molar-refractivity contribution in [3.05, 3.63) is 59.7 Å². The Morgan fingerprint density at radius 1 is 1.22 bits per heavy atom. The minimum atomic E-state index is 0.0227. The lowest BCUT2D eigenvalue weighted by Crippen LogP contribution is -2.48. The number of piperidine rings is 1. The van der Waals surface area contributed by atoms with Crippen molar-refractivity contribution >= 4 is 28.7 Å². The maximum atomic E-state index is 12.9. The highest BCUT2D eigenvalue weighted by atomic mass is 32.2. The first-order chi connectivity index (χ1) is 13.2. The Balaban J connectivity index is 1.46. The molecular weight excluding hydrogens is 356 g/mol. The minimum Gasteiger partial charge on any atom is -0.349 e. The molecule has 1 saturated heterocycles. The molecule has 1 amide bonds. The third kappa shape index (κ3) is 4.17. The first-order valence-electron chi connectivity index (χ1n) is 9.38. The van der Waals surface area contributed by atoms with Gasteiger partial charge in [0, 0.05) is 17.4 Å². The van der Waals surface area contributed by atoms with Gasteiger partial charge in [0.1, 0.15) is 0 Å². The van der Waals surface area contributed by atoms with E-state index in [-0.39, 0.29) is 11.9 Å². The lowest BCUT2D eigenvalue weighted by Gasteiger charge is -2.30. The van der Waals surface area contributed by atoms with Crippen LogP contribution in [0.25, 0.3) is 11.0 Å². The van der Waals surface area contributed by atoms with Crippen molar-refractivity contribution in [3.63, 3.8) is 0 Å². The van der Waals surface area contributed by atoms with Crippen molar-refractivity contribution in [2.24, 2.45) is 5.92 Å². The van der Waals surface area contributed by atoms with E-state index in [0.717, 1.165) is 46.8 Å². The molecule has 0 saturated carbocycles. The third-order valence-corrected chi connectivity index (χ3v) is 6.02. The summed E-state index contributed by atoms with van der Waals surface area (Å²) in [6.07, 6.45) is 0.975. The zero-order valence-electron chi connectivity index (χ0n) is 15.4. The highest BCUT2D eigenvalue weighted by Gasteiger charge is 2.23. The molecule has 1 aromatic heterocycles. The number of nitrogens with zero attached hydrogens (tertiary/aromatic N) is 1. The summed E-state index contributed by atoms with van der Waals surface area (Å²) in [5.41, 5.74) is 3.78. The summed E-state index contributed by atoms with van der Waals surface area (Å²) < 4.78 is 0. The summed E-state index contributed by atoms with van der Waals surface area (Å²) in [6.45, 7) is 4.09. The molecule has 6 heteroatoms. The van der Waals surface area contributed by atoms with Gasteiger partial charge in [-0.15, -0.1) is 0 Å². The highest BCUT2D eigenvalue weighted by Crippen LogP contribution is 2.25. The van der Waals surface area contributed by atoms with Crippen LogP contribution in [0.15, 0.2) is 53.7 Å². The Morgan fingerprint density at radius 3 is 2.89 bits per heavy atom. The third-order valence-electron chi connectivity index (χ3n) is 5.10. The van der Waals surface area contributed by atoms with Crippen LogP contribution in [-0.4, -0.2) is 35.0 Å². The standard InChI is InChI=1S/C21H24N4OS/c1-14-12-22-11-10-17(14)23-20(26)16-7-3-2-6-15(16)13-27-21-24-18-8-4-5-9-19(18)25-21/h2-9,14,17,22H,10-13H2,1H3,(H,23,26)(H,24,25). The van der Waals surface area contributed by atoms with Crippen molar-refractivity contribution in [1.82, 2.24) is 20.6 Å². The Kier molecular flexibility index (Phi) is 5.45. The predicted molar refractivity (Wildman–Crippen MR) is 110 cm³/mol. The summed E-state index contributed by atoms with van der Waals surface area (Å²) in [5, 5.41) is 7.48. The molecule has 27 heavy (non-hydrogen) atoms. The Labute approximate surface area is 163 Å². The molecule has 0 radical (unpaired) electrons. The van der Waals surface area contributed by atoms with E-state index in [4.69, 9.17) is 0 Å². The molecule has 1 fully saturated rings. The molecule has 140 valence electrons. The number of fused-ring (bicyclic) bond motifs is 1. The van der Waals surface area contributed by atoms with Crippen molar-refractivity contribution in [3.8, 4) is 0 Å². The average molecular weight is 381 g/mol. The van der Waals surface area contributed by atoms with Crippen LogP contribution in [0, 0.1) is 5.92 Å². The van der Waals surface area contributed by atoms with E-state index in [1.165, 1.54) is 0 Å². The molecule has 1 aliphatic heterocycles. The van der Waals surface area contributed by atoms with Gasteiger partial charge < -0.3 is 15.6 Å². The van der Waals surface area contributed by atoms with Gasteiger partial charge in [-0.05, 0) is 49.2 Å². The van der Waals surface area contributed by atoms with Crippen LogP contribution in [0.1, 0.15) is 29.3 Å². The quantitative estimate of drug-likeness (QED) is 0.592. The molecule has 4 rings (SSSR count). The fourth-order valence-electron chi connectivity index (χ4n) is 3.49. The smallest absolute Gasteiger partial charge is 0.251 e. The molecule has 0 bridgehead atoms. The van der Waals surface area contributed by atoms with Gasteiger partial charge in [-0.1, -0.05) is 49.0 Å². The largest absolute Gasteiger partial charge is 0.349 e. The SMILES string of the molecule is CC1CNCCC1NC(=O)c1ccccc1CSc1nc2ccccc2[nH]1. The number of amides is 1. The van der Waals surface area contributed by atoms with E-state index in [0.29, 0.717) is 11.7 Å². The van der Waals surface area contributed by atoms with Crippen molar-refractivity contribution in [1.29, 1.82) is 0 Å². The number of imidazole rings is 1. The number of H-pyrrole nitrogens is 1. The molecule has 0 aliphatic carbocycles. The van der Waals surface area contributed by atoms with E-state index in [9.17, 15) is 4.79 Å². The second-order valence-corrected chi connectivity index (χ2v) is 8.02. The van der Waals surface area contributed by atoms with Gasteiger partial charge in [0.25, 0.3) is 5.91 Å². The monoisotopic (exact) mass is 380 g/mol. The maximum absolute atomic E-state index is 12.9. The van der Waals surface area contributed by atoms with Crippen LogP contribution in [0.5, 0.6) is 0 Å². The van der Waals surface area contributed by atoms with Gasteiger partial charge in [0.2, 0.25) is 0 Å². The van der Waals surface area contributed by atoms with E-state index in [1.807, 2.05) is 48.5 Å². The first-order valence-corrected chi connectivity index (χ1v) is 10.4. The topological polar surface area (TPSA) is 69.8 Å². The number of para-hydroxylation sites is 2. The fraction of sp³-hybridized carbons (Fsp3) is 0.333. The molecule has 2 atom stereocenters.